The molecule has 2 aromatic rings. The van der Waals surface area contributed by atoms with Crippen LogP contribution in [-0.4, -0.2) is 13.8 Å². The first-order valence-corrected chi connectivity index (χ1v) is 15.9. The number of nitrogens with zero attached hydrogens (tertiary/aromatic N) is 1. The summed E-state index contributed by atoms with van der Waals surface area (Å²) in [4.78, 5) is 5.48. The van der Waals surface area contributed by atoms with Gasteiger partial charge in [0.1, 0.15) is 0 Å². The molecule has 0 bridgehead atoms. The summed E-state index contributed by atoms with van der Waals surface area (Å²) in [5.74, 6) is 4.11. The van der Waals surface area contributed by atoms with E-state index in [2.05, 4.69) is 136 Å². The summed E-state index contributed by atoms with van der Waals surface area (Å²) in [7, 11) is -2.14. The average molecular weight is 560 g/mol. The third-order valence-electron chi connectivity index (χ3n) is 7.00. The molecule has 2 aromatic carbocycles. The maximum Gasteiger partial charge on any atom is 4.00 e. The van der Waals surface area contributed by atoms with E-state index in [1.807, 2.05) is 0 Å². The van der Waals surface area contributed by atoms with Gasteiger partial charge in [-0.25, -0.2) is 0 Å². The molecule has 1 nitrogen and oxygen atoms in total. The standard InChI is InChI=1S/C33H43NSi.2CH3.Ti/c1-31(2,3)24-18-23(19-25(20-24)32(4,5)6)28-21-29-26-15-13-12-14-22(26)16-17-27(29)30(28)35(10,11)34-33(7,8)9;;;/h12-21H,1-11H3;2*1H3;/q3*-1;+4. The minimum atomic E-state index is -2.14. The van der Waals surface area contributed by atoms with E-state index in [0.717, 1.165) is 0 Å². The Hall–Kier alpha value is -0.929. The van der Waals surface area contributed by atoms with E-state index in [4.69, 9.17) is 4.98 Å². The molecule has 2 aliphatic rings. The van der Waals surface area contributed by atoms with E-state index in [1.165, 1.54) is 51.1 Å². The quantitative estimate of drug-likeness (QED) is 0.262. The molecule has 0 saturated heterocycles. The summed E-state index contributed by atoms with van der Waals surface area (Å²) in [6.45, 7) is 25.5. The fraction of sp³-hybridized carbons (Fsp3) is 0.400. The van der Waals surface area contributed by atoms with E-state index in [1.54, 1.807) is 0 Å². The summed E-state index contributed by atoms with van der Waals surface area (Å²) >= 11 is 0. The molecule has 3 heteroatoms. The van der Waals surface area contributed by atoms with Gasteiger partial charge < -0.3 is 19.8 Å². The summed E-state index contributed by atoms with van der Waals surface area (Å²) in [6, 6.07) is 16.1. The topological polar surface area (TPSA) is 14.1 Å². The first-order chi connectivity index (χ1) is 16.0. The summed E-state index contributed by atoms with van der Waals surface area (Å²) < 4.78 is 0. The average Bonchev–Trinajstić information content (AvgIpc) is 3.11. The SMILES string of the molecule is CC(C)(C)[N-][Si](C)(C)[C]1[C]2C=Cc3ccccc3[C]2[CH][C]1c1cc(C(C)(C)C)cc(C(C)(C)C)c1.[CH3-].[CH3-].[Ti+4]. The van der Waals surface area contributed by atoms with Crippen LogP contribution in [0.25, 0.3) is 11.1 Å². The van der Waals surface area contributed by atoms with Gasteiger partial charge in [-0.15, -0.1) is 5.54 Å². The van der Waals surface area contributed by atoms with Crippen LogP contribution in [0.2, 0.25) is 13.1 Å². The van der Waals surface area contributed by atoms with Crippen LogP contribution in [0.3, 0.4) is 0 Å². The van der Waals surface area contributed by atoms with Gasteiger partial charge in [0.05, 0.1) is 0 Å². The Morgan fingerprint density at radius 3 is 1.68 bits per heavy atom. The summed E-state index contributed by atoms with van der Waals surface area (Å²) in [5, 5.41) is 0. The van der Waals surface area contributed by atoms with Gasteiger partial charge in [0, 0.05) is 17.8 Å². The fourth-order valence-electron chi connectivity index (χ4n) is 5.46. The largest absolute Gasteiger partial charge is 4.00 e. The monoisotopic (exact) mass is 559 g/mol. The number of fused-ring (bicyclic) bond motifs is 3. The van der Waals surface area contributed by atoms with Crippen LogP contribution >= 0.6 is 0 Å². The molecular formula is C35H49NSiTi+. The molecule has 0 amide bonds. The second-order valence-electron chi connectivity index (χ2n) is 13.8. The maximum absolute atomic E-state index is 5.48. The molecule has 0 aromatic heterocycles. The Morgan fingerprint density at radius 2 is 1.18 bits per heavy atom. The van der Waals surface area contributed by atoms with E-state index < -0.39 is 8.24 Å². The Bertz CT molecular complexity index is 1080. The Balaban J connectivity index is 0.00000241. The van der Waals surface area contributed by atoms with Crippen molar-refractivity contribution in [3.63, 3.8) is 0 Å². The molecule has 5 radical (unpaired) electrons. The van der Waals surface area contributed by atoms with Crippen molar-refractivity contribution in [1.29, 1.82) is 0 Å². The van der Waals surface area contributed by atoms with Crippen LogP contribution in [0.4, 0.5) is 0 Å². The Kier molecular flexibility index (Phi) is 11.0. The number of hydrogen-bond donors (Lipinski definition) is 0. The predicted molar refractivity (Wildman–Crippen MR) is 168 cm³/mol. The van der Waals surface area contributed by atoms with Crippen LogP contribution in [-0.2, 0) is 32.5 Å². The number of allylic oxidation sites excluding steroid dienone is 1. The molecule has 201 valence electrons. The van der Waals surface area contributed by atoms with E-state index in [9.17, 15) is 0 Å². The summed E-state index contributed by atoms with van der Waals surface area (Å²) in [6.07, 6.45) is 7.11. The van der Waals surface area contributed by atoms with Crippen molar-refractivity contribution in [3.05, 3.63) is 126 Å². The molecule has 0 unspecified atom stereocenters. The van der Waals surface area contributed by atoms with Crippen LogP contribution in [0.5, 0.6) is 0 Å². The zero-order valence-corrected chi connectivity index (χ0v) is 28.8. The van der Waals surface area contributed by atoms with Gasteiger partial charge in [0.25, 0.3) is 0 Å². The molecule has 0 N–H and O–H groups in total. The molecular weight excluding hydrogens is 510 g/mol. The molecule has 0 aliphatic heterocycles. The Labute approximate surface area is 252 Å². The third-order valence-corrected chi connectivity index (χ3v) is 9.99. The van der Waals surface area contributed by atoms with Crippen LogP contribution in [0, 0.1) is 44.6 Å². The summed E-state index contributed by atoms with van der Waals surface area (Å²) in [5.41, 5.74) is 8.32. The zero-order valence-electron chi connectivity index (χ0n) is 26.2. The normalized spacial score (nSPS) is 17.2. The van der Waals surface area contributed by atoms with Gasteiger partial charge in [0.15, 0.2) is 0 Å². The second-order valence-corrected chi connectivity index (χ2v) is 17.7. The van der Waals surface area contributed by atoms with Crippen LogP contribution in [0.15, 0.2) is 48.5 Å². The first kappa shape index (κ1) is 35.1. The van der Waals surface area contributed by atoms with Crippen molar-refractivity contribution in [2.75, 3.05) is 0 Å². The van der Waals surface area contributed by atoms with Gasteiger partial charge in [-0.05, 0) is 50.6 Å². The van der Waals surface area contributed by atoms with Crippen molar-refractivity contribution < 1.29 is 21.7 Å². The second kappa shape index (κ2) is 11.9. The van der Waals surface area contributed by atoms with Gasteiger partial charge in [-0.3, -0.25) is 0 Å². The van der Waals surface area contributed by atoms with E-state index in [0.29, 0.717) is 0 Å². The van der Waals surface area contributed by atoms with Crippen molar-refractivity contribution >= 4 is 14.3 Å². The van der Waals surface area contributed by atoms with Gasteiger partial charge >= 0.3 is 21.7 Å². The van der Waals surface area contributed by atoms with Crippen molar-refractivity contribution in [2.45, 2.75) is 91.8 Å². The minimum absolute atomic E-state index is 0. The molecule has 0 atom stereocenters. The number of rotatable bonds is 3. The molecule has 1 saturated carbocycles. The molecule has 1 fully saturated rings. The van der Waals surface area contributed by atoms with Gasteiger partial charge in [-0.1, -0.05) is 138 Å². The van der Waals surface area contributed by atoms with Gasteiger partial charge in [0.2, 0.25) is 0 Å². The molecule has 4 rings (SSSR count). The van der Waals surface area contributed by atoms with Crippen molar-refractivity contribution in [1.82, 2.24) is 0 Å². The van der Waals surface area contributed by atoms with Crippen molar-refractivity contribution in [3.8, 4) is 0 Å². The van der Waals surface area contributed by atoms with E-state index in [-0.39, 0.29) is 52.9 Å². The fourth-order valence-corrected chi connectivity index (χ4v) is 9.00. The maximum atomic E-state index is 5.48. The van der Waals surface area contributed by atoms with Crippen molar-refractivity contribution in [2.24, 2.45) is 0 Å². The minimum Gasteiger partial charge on any atom is -0.659 e. The number of benzene rings is 2. The smallest absolute Gasteiger partial charge is 0.659 e. The molecule has 0 spiro atoms. The van der Waals surface area contributed by atoms with Crippen LogP contribution < -0.4 is 0 Å². The molecule has 38 heavy (non-hydrogen) atoms. The van der Waals surface area contributed by atoms with Crippen LogP contribution in [0.1, 0.15) is 90.1 Å². The number of hydrogen-bond acceptors (Lipinski definition) is 0. The molecule has 0 heterocycles. The molecule has 2 aliphatic carbocycles. The third kappa shape index (κ3) is 7.22. The predicted octanol–water partition coefficient (Wildman–Crippen LogP) is 10.0. The zero-order chi connectivity index (χ0) is 26.0. The van der Waals surface area contributed by atoms with E-state index >= 15 is 0 Å². The first-order valence-electron chi connectivity index (χ1n) is 13.0. The Morgan fingerprint density at radius 1 is 0.658 bits per heavy atom. The van der Waals surface area contributed by atoms with Gasteiger partial charge in [-0.2, -0.15) is 0 Å².